The number of nitrogens with zero attached hydrogens (tertiary/aromatic N) is 6. The summed E-state index contributed by atoms with van der Waals surface area (Å²) in [5, 5.41) is 8.75. The summed E-state index contributed by atoms with van der Waals surface area (Å²) in [6.07, 6.45) is 4.64. The fraction of sp³-hybridized carbons (Fsp3) is 0.562. The van der Waals surface area contributed by atoms with Gasteiger partial charge in [-0.05, 0) is 20.8 Å². The number of carbonyl (C=O) groups excluding carboxylic acids is 1. The van der Waals surface area contributed by atoms with Gasteiger partial charge in [-0.15, -0.1) is 0 Å². The third kappa shape index (κ3) is 3.87. The maximum atomic E-state index is 12.9. The summed E-state index contributed by atoms with van der Waals surface area (Å²) in [5.74, 6) is -0.109. The van der Waals surface area contributed by atoms with Gasteiger partial charge < -0.3 is 4.90 Å². The van der Waals surface area contributed by atoms with Crippen LogP contribution in [-0.4, -0.2) is 69.3 Å². The van der Waals surface area contributed by atoms with Crippen LogP contribution in [0.3, 0.4) is 0 Å². The highest BCUT2D eigenvalue weighted by atomic mass is 35.5. The van der Waals surface area contributed by atoms with Gasteiger partial charge in [0.15, 0.2) is 0 Å². The number of sulfonamides is 1. The molecule has 1 aliphatic rings. The topological polar surface area (TPSA) is 93.3 Å². The Labute approximate surface area is 163 Å². The molecule has 9 nitrogen and oxygen atoms in total. The summed E-state index contributed by atoms with van der Waals surface area (Å²) in [6, 6.07) is -0.495. The van der Waals surface area contributed by atoms with Gasteiger partial charge in [0.05, 0.1) is 16.9 Å². The average Bonchev–Trinajstić information content (AvgIpc) is 3.26. The molecule has 1 atom stereocenters. The van der Waals surface area contributed by atoms with Crippen LogP contribution in [0.5, 0.6) is 0 Å². The van der Waals surface area contributed by atoms with Crippen LogP contribution in [0, 0.1) is 6.92 Å². The lowest BCUT2D eigenvalue weighted by molar-refractivity contribution is -0.135. The van der Waals surface area contributed by atoms with E-state index in [1.165, 1.54) is 15.2 Å². The predicted molar refractivity (Wildman–Crippen MR) is 99.9 cm³/mol. The van der Waals surface area contributed by atoms with Crippen LogP contribution in [0.25, 0.3) is 0 Å². The first-order valence-electron chi connectivity index (χ1n) is 8.76. The number of rotatable bonds is 5. The van der Waals surface area contributed by atoms with Crippen molar-refractivity contribution in [1.29, 1.82) is 0 Å². The number of halogens is 1. The number of aromatic nitrogens is 4. The Morgan fingerprint density at radius 1 is 1.26 bits per heavy atom. The second-order valence-corrected chi connectivity index (χ2v) is 8.82. The highest BCUT2D eigenvalue weighted by Gasteiger charge is 2.33. The molecular weight excluding hydrogens is 392 g/mol. The number of amides is 1. The zero-order chi connectivity index (χ0) is 19.8. The van der Waals surface area contributed by atoms with Crippen molar-refractivity contribution in [2.24, 2.45) is 0 Å². The van der Waals surface area contributed by atoms with Crippen LogP contribution in [0.15, 0.2) is 23.5 Å². The molecule has 0 aliphatic carbocycles. The van der Waals surface area contributed by atoms with E-state index in [-0.39, 0.29) is 23.9 Å². The Hall–Kier alpha value is -1.91. The number of piperazine rings is 1. The average molecular weight is 415 g/mol. The Morgan fingerprint density at radius 2 is 1.93 bits per heavy atom. The molecule has 0 aromatic carbocycles. The molecule has 148 valence electrons. The van der Waals surface area contributed by atoms with E-state index in [4.69, 9.17) is 11.6 Å². The molecule has 2 aromatic heterocycles. The SMILES string of the molecule is CCn1cc(S(=O)(=O)N2CCN(C(=O)C(C)n3cc(Cl)cn3)CC2)c(C)n1. The van der Waals surface area contributed by atoms with Crippen molar-refractivity contribution in [3.05, 3.63) is 29.3 Å². The van der Waals surface area contributed by atoms with E-state index >= 15 is 0 Å². The van der Waals surface area contributed by atoms with E-state index in [1.807, 2.05) is 6.92 Å². The number of carbonyl (C=O) groups is 1. The Kier molecular flexibility index (Phi) is 5.59. The number of hydrogen-bond donors (Lipinski definition) is 0. The Morgan fingerprint density at radius 3 is 2.44 bits per heavy atom. The van der Waals surface area contributed by atoms with Gasteiger partial charge in [0.25, 0.3) is 0 Å². The first-order valence-corrected chi connectivity index (χ1v) is 10.6. The van der Waals surface area contributed by atoms with E-state index in [0.29, 0.717) is 30.4 Å². The third-order valence-electron chi connectivity index (χ3n) is 4.72. The van der Waals surface area contributed by atoms with Crippen molar-refractivity contribution in [2.45, 2.75) is 38.3 Å². The second-order valence-electron chi connectivity index (χ2n) is 6.48. The predicted octanol–water partition coefficient (Wildman–Crippen LogP) is 1.16. The molecule has 0 N–H and O–H groups in total. The summed E-state index contributed by atoms with van der Waals surface area (Å²) < 4.78 is 30.4. The third-order valence-corrected chi connectivity index (χ3v) is 6.91. The molecule has 1 amide bonds. The van der Waals surface area contributed by atoms with Crippen LogP contribution >= 0.6 is 11.6 Å². The van der Waals surface area contributed by atoms with Gasteiger partial charge in [-0.1, -0.05) is 11.6 Å². The molecule has 3 heterocycles. The van der Waals surface area contributed by atoms with Crippen LogP contribution in [0.1, 0.15) is 25.6 Å². The molecule has 1 saturated heterocycles. The fourth-order valence-electron chi connectivity index (χ4n) is 3.11. The summed E-state index contributed by atoms with van der Waals surface area (Å²) in [7, 11) is -3.62. The zero-order valence-electron chi connectivity index (χ0n) is 15.5. The van der Waals surface area contributed by atoms with Crippen LogP contribution in [0.4, 0.5) is 0 Å². The second kappa shape index (κ2) is 7.61. The Balaban J connectivity index is 1.67. The lowest BCUT2D eigenvalue weighted by Gasteiger charge is -2.35. The minimum Gasteiger partial charge on any atom is -0.338 e. The van der Waals surface area contributed by atoms with Crippen molar-refractivity contribution >= 4 is 27.5 Å². The van der Waals surface area contributed by atoms with Crippen molar-refractivity contribution in [1.82, 2.24) is 28.8 Å². The van der Waals surface area contributed by atoms with Gasteiger partial charge in [-0.2, -0.15) is 14.5 Å². The van der Waals surface area contributed by atoms with Crippen LogP contribution in [-0.2, 0) is 21.4 Å². The lowest BCUT2D eigenvalue weighted by Crippen LogP contribution is -2.51. The molecule has 1 fully saturated rings. The van der Waals surface area contributed by atoms with E-state index < -0.39 is 16.1 Å². The summed E-state index contributed by atoms with van der Waals surface area (Å²) in [6.45, 7) is 7.10. The van der Waals surface area contributed by atoms with Gasteiger partial charge in [-0.3, -0.25) is 14.2 Å². The van der Waals surface area contributed by atoms with Gasteiger partial charge in [0.1, 0.15) is 10.9 Å². The molecule has 0 spiro atoms. The van der Waals surface area contributed by atoms with Crippen molar-refractivity contribution in [2.75, 3.05) is 26.2 Å². The maximum absolute atomic E-state index is 12.9. The monoisotopic (exact) mass is 414 g/mol. The van der Waals surface area contributed by atoms with E-state index in [0.717, 1.165) is 0 Å². The summed E-state index contributed by atoms with van der Waals surface area (Å²) in [4.78, 5) is 14.6. The zero-order valence-corrected chi connectivity index (χ0v) is 17.1. The molecule has 1 unspecified atom stereocenters. The number of hydrogen-bond acceptors (Lipinski definition) is 5. The Bertz CT molecular complexity index is 930. The van der Waals surface area contributed by atoms with Crippen LogP contribution < -0.4 is 0 Å². The maximum Gasteiger partial charge on any atom is 0.247 e. The standard InChI is InChI=1S/C16H23ClN6O3S/c1-4-21-11-15(12(2)19-21)27(25,26)22-7-5-20(6-8-22)16(24)13(3)23-10-14(17)9-18-23/h9-11,13H,4-8H2,1-3H3. The molecule has 0 radical (unpaired) electrons. The molecule has 1 aliphatic heterocycles. The largest absolute Gasteiger partial charge is 0.338 e. The van der Waals surface area contributed by atoms with Gasteiger partial charge >= 0.3 is 0 Å². The minimum atomic E-state index is -3.62. The van der Waals surface area contributed by atoms with Gasteiger partial charge in [0.2, 0.25) is 15.9 Å². The minimum absolute atomic E-state index is 0.109. The van der Waals surface area contributed by atoms with Crippen LogP contribution in [0.2, 0.25) is 5.02 Å². The molecule has 11 heteroatoms. The van der Waals surface area contributed by atoms with Crippen molar-refractivity contribution < 1.29 is 13.2 Å². The number of aryl methyl sites for hydroxylation is 2. The quantitative estimate of drug-likeness (QED) is 0.731. The molecule has 2 aromatic rings. The fourth-order valence-corrected chi connectivity index (χ4v) is 4.84. The van der Waals surface area contributed by atoms with Gasteiger partial charge in [-0.25, -0.2) is 8.42 Å². The first-order chi connectivity index (χ1) is 12.7. The van der Waals surface area contributed by atoms with Crippen molar-refractivity contribution in [3.8, 4) is 0 Å². The highest BCUT2D eigenvalue weighted by Crippen LogP contribution is 2.21. The summed E-state index contributed by atoms with van der Waals surface area (Å²) in [5.41, 5.74) is 0.486. The van der Waals surface area contributed by atoms with Gasteiger partial charge in [0, 0.05) is 45.1 Å². The van der Waals surface area contributed by atoms with Crippen molar-refractivity contribution in [3.63, 3.8) is 0 Å². The smallest absolute Gasteiger partial charge is 0.247 e. The lowest BCUT2D eigenvalue weighted by atomic mass is 10.2. The molecule has 0 saturated carbocycles. The molecule has 3 rings (SSSR count). The highest BCUT2D eigenvalue weighted by molar-refractivity contribution is 7.89. The molecular formula is C16H23ClN6O3S. The molecule has 0 bridgehead atoms. The first kappa shape index (κ1) is 19.8. The summed E-state index contributed by atoms with van der Waals surface area (Å²) >= 11 is 5.86. The van der Waals surface area contributed by atoms with E-state index in [1.54, 1.807) is 35.8 Å². The van der Waals surface area contributed by atoms with E-state index in [9.17, 15) is 13.2 Å². The normalized spacial score (nSPS) is 17.3. The molecule has 27 heavy (non-hydrogen) atoms. The van der Waals surface area contributed by atoms with E-state index in [2.05, 4.69) is 10.2 Å².